The molecule has 4 bridgehead atoms. The van der Waals surface area contributed by atoms with Gasteiger partial charge in [0.05, 0.1) is 5.92 Å². The Balaban J connectivity index is 1.90. The first kappa shape index (κ1) is 11.4. The molecule has 0 radical (unpaired) electrons. The summed E-state index contributed by atoms with van der Waals surface area (Å²) in [7, 11) is 0. The lowest BCUT2D eigenvalue weighted by Crippen LogP contribution is -2.52. The van der Waals surface area contributed by atoms with E-state index in [9.17, 15) is 9.59 Å². The van der Waals surface area contributed by atoms with Crippen LogP contribution in [0.1, 0.15) is 32.1 Å². The summed E-state index contributed by atoms with van der Waals surface area (Å²) in [6.45, 7) is 0. The summed E-state index contributed by atoms with van der Waals surface area (Å²) in [4.78, 5) is 23.7. The Labute approximate surface area is 110 Å². The highest BCUT2D eigenvalue weighted by Gasteiger charge is 2.65. The van der Waals surface area contributed by atoms with Crippen LogP contribution in [0, 0.1) is 17.8 Å². The third kappa shape index (κ3) is 1.27. The van der Waals surface area contributed by atoms with E-state index in [-0.39, 0.29) is 5.92 Å². The van der Waals surface area contributed by atoms with Gasteiger partial charge in [-0.05, 0) is 36.8 Å². The molecule has 4 heteroatoms. The molecule has 5 rings (SSSR count). The number of rotatable bonds is 0. The van der Waals surface area contributed by atoms with E-state index in [1.165, 1.54) is 0 Å². The second-order valence-electron chi connectivity index (χ2n) is 5.98. The van der Waals surface area contributed by atoms with E-state index in [4.69, 9.17) is 4.74 Å². The van der Waals surface area contributed by atoms with Gasteiger partial charge in [-0.3, -0.25) is 9.59 Å². The van der Waals surface area contributed by atoms with Crippen LogP contribution in [0.4, 0.5) is 4.39 Å². The van der Waals surface area contributed by atoms with Crippen LogP contribution in [0.15, 0.2) is 23.3 Å². The van der Waals surface area contributed by atoms with Crippen molar-refractivity contribution in [3.8, 4) is 0 Å². The third-order valence-corrected chi connectivity index (χ3v) is 5.04. The van der Waals surface area contributed by atoms with Gasteiger partial charge in [-0.25, -0.2) is 4.39 Å². The van der Waals surface area contributed by atoms with Crippen molar-refractivity contribution in [1.29, 1.82) is 0 Å². The average molecular weight is 262 g/mol. The normalized spacial score (nSPS) is 43.9. The Morgan fingerprint density at radius 1 is 1.05 bits per heavy atom. The first-order valence-corrected chi connectivity index (χ1v) is 6.99. The van der Waals surface area contributed by atoms with Gasteiger partial charge in [0.2, 0.25) is 0 Å². The summed E-state index contributed by atoms with van der Waals surface area (Å²) >= 11 is 0. The lowest BCUT2D eigenvalue weighted by atomic mass is 9.57. The fraction of sp³-hybridized carbons (Fsp3) is 0.600. The van der Waals surface area contributed by atoms with Crippen LogP contribution in [0.3, 0.4) is 0 Å². The summed E-state index contributed by atoms with van der Waals surface area (Å²) in [5.74, 6) is -2.93. The zero-order chi connectivity index (χ0) is 13.2. The molecule has 0 amide bonds. The van der Waals surface area contributed by atoms with E-state index in [1.807, 2.05) is 12.2 Å². The molecule has 19 heavy (non-hydrogen) atoms. The highest BCUT2D eigenvalue weighted by atomic mass is 19.1. The summed E-state index contributed by atoms with van der Waals surface area (Å²) in [6.07, 6.45) is 8.12. The van der Waals surface area contributed by atoms with Gasteiger partial charge < -0.3 is 4.74 Å². The number of esters is 2. The zero-order valence-electron chi connectivity index (χ0n) is 10.5. The highest BCUT2D eigenvalue weighted by molar-refractivity contribution is 5.99. The maximum Gasteiger partial charge on any atom is 0.321 e. The number of allylic oxidation sites excluding steroid dienone is 4. The van der Waals surface area contributed by atoms with Gasteiger partial charge in [0.1, 0.15) is 5.92 Å². The molecule has 2 atom stereocenters. The van der Waals surface area contributed by atoms with Crippen LogP contribution in [-0.4, -0.2) is 17.6 Å². The fourth-order valence-electron chi connectivity index (χ4n) is 4.21. The van der Waals surface area contributed by atoms with Crippen LogP contribution < -0.4 is 0 Å². The Bertz CT molecular complexity index is 522. The van der Waals surface area contributed by atoms with Crippen molar-refractivity contribution in [2.24, 2.45) is 17.8 Å². The topological polar surface area (TPSA) is 43.4 Å². The molecule has 3 nitrogen and oxygen atoms in total. The number of alkyl halides is 1. The van der Waals surface area contributed by atoms with E-state index in [0.29, 0.717) is 24.0 Å². The van der Waals surface area contributed by atoms with Crippen molar-refractivity contribution < 1.29 is 18.7 Å². The van der Waals surface area contributed by atoms with Gasteiger partial charge >= 0.3 is 11.9 Å². The van der Waals surface area contributed by atoms with Crippen molar-refractivity contribution in [3.05, 3.63) is 23.3 Å². The predicted octanol–water partition coefficient (Wildman–Crippen LogP) is 2.47. The Morgan fingerprint density at radius 2 is 1.68 bits per heavy atom. The lowest BCUT2D eigenvalue weighted by Gasteiger charge is -2.46. The number of carbonyl (C=O) groups is 2. The second-order valence-corrected chi connectivity index (χ2v) is 5.98. The summed E-state index contributed by atoms with van der Waals surface area (Å²) in [5.41, 5.74) is -0.325. The molecule has 2 fully saturated rings. The molecule has 0 spiro atoms. The van der Waals surface area contributed by atoms with Gasteiger partial charge in [0.15, 0.2) is 5.67 Å². The first-order chi connectivity index (χ1) is 9.12. The smallest absolute Gasteiger partial charge is 0.321 e. The van der Waals surface area contributed by atoms with E-state index in [2.05, 4.69) is 0 Å². The summed E-state index contributed by atoms with van der Waals surface area (Å²) < 4.78 is 20.4. The molecule has 4 aliphatic carbocycles. The summed E-state index contributed by atoms with van der Waals surface area (Å²) in [5, 5.41) is 0. The van der Waals surface area contributed by atoms with Crippen LogP contribution in [0.5, 0.6) is 0 Å². The van der Waals surface area contributed by atoms with Gasteiger partial charge in [-0.15, -0.1) is 0 Å². The molecule has 2 unspecified atom stereocenters. The minimum absolute atomic E-state index is 0.148. The van der Waals surface area contributed by atoms with Crippen LogP contribution in [0.2, 0.25) is 0 Å². The second kappa shape index (κ2) is 3.56. The van der Waals surface area contributed by atoms with E-state index in [1.54, 1.807) is 0 Å². The molecule has 0 aromatic carbocycles. The predicted molar refractivity (Wildman–Crippen MR) is 64.7 cm³/mol. The highest BCUT2D eigenvalue weighted by Crippen LogP contribution is 2.58. The largest absolute Gasteiger partial charge is 0.393 e. The minimum Gasteiger partial charge on any atom is -0.393 e. The molecular weight excluding hydrogens is 247 g/mol. The number of hydrogen-bond donors (Lipinski definition) is 0. The van der Waals surface area contributed by atoms with Crippen LogP contribution in [0.25, 0.3) is 0 Å². The molecule has 1 saturated heterocycles. The molecular formula is C15H15FO3. The summed E-state index contributed by atoms with van der Waals surface area (Å²) in [6, 6.07) is 0. The Morgan fingerprint density at radius 3 is 2.32 bits per heavy atom. The van der Waals surface area contributed by atoms with Crippen LogP contribution >= 0.6 is 0 Å². The van der Waals surface area contributed by atoms with Gasteiger partial charge in [-0.1, -0.05) is 18.6 Å². The maximum atomic E-state index is 15.7. The monoisotopic (exact) mass is 262 g/mol. The van der Waals surface area contributed by atoms with Crippen LogP contribution in [-0.2, 0) is 14.3 Å². The van der Waals surface area contributed by atoms with E-state index >= 15 is 4.39 Å². The molecule has 1 aliphatic heterocycles. The molecule has 1 heterocycles. The molecule has 1 saturated carbocycles. The van der Waals surface area contributed by atoms with E-state index in [0.717, 1.165) is 19.3 Å². The fourth-order valence-corrected chi connectivity index (χ4v) is 4.21. The molecule has 0 aromatic heterocycles. The number of halogens is 1. The van der Waals surface area contributed by atoms with Gasteiger partial charge in [-0.2, -0.15) is 0 Å². The van der Waals surface area contributed by atoms with Crippen molar-refractivity contribution in [3.63, 3.8) is 0 Å². The quantitative estimate of drug-likeness (QED) is 0.382. The standard InChI is InChI=1S/C15H15FO3/c16-15-9-4-2-1-3-5-10(15)7-8(6-9)11-12(15)14(18)19-13(11)17/h6-8,11-12H,1-5H2. The van der Waals surface area contributed by atoms with Crippen molar-refractivity contribution in [2.75, 3.05) is 0 Å². The van der Waals surface area contributed by atoms with Gasteiger partial charge in [0, 0.05) is 5.92 Å². The number of ether oxygens (including phenoxy) is 1. The van der Waals surface area contributed by atoms with Crippen molar-refractivity contribution in [2.45, 2.75) is 37.8 Å². The third-order valence-electron chi connectivity index (χ3n) is 5.04. The zero-order valence-corrected chi connectivity index (χ0v) is 10.5. The Kier molecular flexibility index (Phi) is 2.13. The number of carbonyl (C=O) groups excluding carboxylic acids is 2. The lowest BCUT2D eigenvalue weighted by molar-refractivity contribution is -0.154. The van der Waals surface area contributed by atoms with E-state index < -0.39 is 29.4 Å². The minimum atomic E-state index is -1.75. The molecule has 0 N–H and O–H groups in total. The number of hydrogen-bond acceptors (Lipinski definition) is 3. The first-order valence-electron chi connectivity index (χ1n) is 6.99. The Hall–Kier alpha value is -1.45. The average Bonchev–Trinajstić information content (AvgIpc) is 2.68. The molecule has 5 aliphatic rings. The SMILES string of the molecule is O=C1OC(=O)C2C1C1C=C3CCCCCC(=C1)C32F. The molecule has 100 valence electrons. The van der Waals surface area contributed by atoms with Crippen molar-refractivity contribution in [1.82, 2.24) is 0 Å². The maximum absolute atomic E-state index is 15.7. The molecule has 0 aromatic rings. The van der Waals surface area contributed by atoms with Crippen molar-refractivity contribution >= 4 is 11.9 Å². The number of cyclic esters (lactones) is 2. The van der Waals surface area contributed by atoms with Gasteiger partial charge in [0.25, 0.3) is 0 Å².